The zero-order chi connectivity index (χ0) is 45.1. The minimum Gasteiger partial charge on any atom is -0.483 e. The summed E-state index contributed by atoms with van der Waals surface area (Å²) in [5.74, 6) is -46.7. The van der Waals surface area contributed by atoms with E-state index in [9.17, 15) is 57.1 Å². The van der Waals surface area contributed by atoms with Crippen molar-refractivity contribution in [2.45, 2.75) is 139 Å². The molecule has 0 aliphatic carbocycles. The van der Waals surface area contributed by atoms with E-state index >= 15 is 13.2 Å². The molecule has 2 aromatic carbocycles. The third-order valence-corrected chi connectivity index (χ3v) is 12.8. The maximum absolute atomic E-state index is 15.7. The molecule has 0 N–H and O–H groups in total. The molecule has 336 valence electrons. The molecule has 20 heteroatoms. The Labute approximate surface area is 338 Å². The van der Waals surface area contributed by atoms with Gasteiger partial charge in [-0.15, -0.1) is 0 Å². The predicted octanol–water partition coefficient (Wildman–Crippen LogP) is 12.9. The average Bonchev–Trinajstić information content (AvgIpc) is 3.41. The van der Waals surface area contributed by atoms with E-state index in [-0.39, 0.29) is 0 Å². The first kappa shape index (κ1) is 49.1. The monoisotopic (exact) mass is 900 g/mol. The number of halogens is 16. The highest BCUT2D eigenvalue weighted by Gasteiger charge is 2.91. The van der Waals surface area contributed by atoms with Gasteiger partial charge in [-0.1, -0.05) is 114 Å². The van der Waals surface area contributed by atoms with E-state index in [4.69, 9.17) is 0 Å². The van der Waals surface area contributed by atoms with Gasteiger partial charge in [-0.25, -0.2) is 14.4 Å². The molecule has 3 aromatic rings. The van der Waals surface area contributed by atoms with Crippen molar-refractivity contribution in [3.05, 3.63) is 60.2 Å². The van der Waals surface area contributed by atoms with Crippen LogP contribution in [0.1, 0.15) is 90.5 Å². The number of rotatable bonds is 21. The summed E-state index contributed by atoms with van der Waals surface area (Å²) in [7, 11) is -0.790. The molecular formula is C40H44F16N2OSi. The fourth-order valence-corrected chi connectivity index (χ4v) is 9.32. The maximum Gasteiger partial charge on any atom is 0.460 e. The van der Waals surface area contributed by atoms with Crippen molar-refractivity contribution >= 4 is 14.7 Å². The molecule has 1 aliphatic rings. The Hall–Kier alpha value is -3.58. The molecule has 60 heavy (non-hydrogen) atoms. The second kappa shape index (κ2) is 18.4. The molecule has 1 aliphatic heterocycles. The van der Waals surface area contributed by atoms with Gasteiger partial charge in [0.25, 0.3) is 0 Å². The molecule has 0 radical (unpaired) electrons. The van der Waals surface area contributed by atoms with Gasteiger partial charge in [0.15, 0.2) is 11.9 Å². The molecule has 0 spiro atoms. The SMILES string of the molecule is CCCCCC(C)CCCCC(C)CC[SiH2]c1ccccc1-c1cnc(-c2ccc3c(c2F)C(F)(F)C(CC(F)(F)C(F)(F)C(F)(F)C(F)(F)C(F)(F)C(F)(F)F)O3)nc1. The lowest BCUT2D eigenvalue weighted by atomic mass is 9.89. The van der Waals surface area contributed by atoms with Gasteiger partial charge in [-0.2, -0.15) is 65.9 Å². The summed E-state index contributed by atoms with van der Waals surface area (Å²) >= 11 is 0. The Bertz CT molecular complexity index is 1890. The Morgan fingerprint density at radius 2 is 1.22 bits per heavy atom. The number of benzene rings is 2. The molecule has 3 unspecified atom stereocenters. The number of aromatic nitrogens is 2. The van der Waals surface area contributed by atoms with Crippen molar-refractivity contribution in [3.8, 4) is 28.3 Å². The first-order valence-corrected chi connectivity index (χ1v) is 21.1. The number of hydrogen-bond donors (Lipinski definition) is 0. The zero-order valence-corrected chi connectivity index (χ0v) is 34.1. The van der Waals surface area contributed by atoms with Gasteiger partial charge in [0.2, 0.25) is 0 Å². The molecule has 1 aromatic heterocycles. The van der Waals surface area contributed by atoms with Crippen LogP contribution < -0.4 is 9.92 Å². The average molecular weight is 901 g/mol. The molecule has 0 fully saturated rings. The first-order chi connectivity index (χ1) is 27.7. The molecule has 2 heterocycles. The van der Waals surface area contributed by atoms with Crippen molar-refractivity contribution in [2.75, 3.05) is 0 Å². The minimum absolute atomic E-state index is 0.483. The van der Waals surface area contributed by atoms with E-state index in [1.807, 2.05) is 18.2 Å². The van der Waals surface area contributed by atoms with Gasteiger partial charge in [0.1, 0.15) is 17.1 Å². The number of fused-ring (bicyclic) bond motifs is 1. The van der Waals surface area contributed by atoms with Crippen molar-refractivity contribution in [2.24, 2.45) is 11.8 Å². The van der Waals surface area contributed by atoms with Crippen LogP contribution in [0.2, 0.25) is 6.04 Å². The van der Waals surface area contributed by atoms with Crippen LogP contribution in [0.5, 0.6) is 5.75 Å². The fourth-order valence-electron chi connectivity index (χ4n) is 7.15. The molecular weight excluding hydrogens is 857 g/mol. The molecule has 0 saturated heterocycles. The Kier molecular flexibility index (Phi) is 15.1. The molecule has 0 amide bonds. The third-order valence-electron chi connectivity index (χ3n) is 10.9. The summed E-state index contributed by atoms with van der Waals surface area (Å²) in [6.45, 7) is 6.72. The number of alkyl halides is 15. The Morgan fingerprint density at radius 3 is 1.78 bits per heavy atom. The van der Waals surface area contributed by atoms with Gasteiger partial charge in [-0.3, -0.25) is 0 Å². The van der Waals surface area contributed by atoms with Crippen LogP contribution in [0.25, 0.3) is 22.5 Å². The summed E-state index contributed by atoms with van der Waals surface area (Å²) in [6, 6.07) is 9.70. The van der Waals surface area contributed by atoms with Crippen molar-refractivity contribution in [1.82, 2.24) is 9.97 Å². The zero-order valence-electron chi connectivity index (χ0n) is 32.7. The lowest BCUT2D eigenvalue weighted by Gasteiger charge is -2.40. The summed E-state index contributed by atoms with van der Waals surface area (Å²) in [5, 5.41) is 1.08. The Balaban J connectivity index is 1.45. The Morgan fingerprint density at radius 1 is 0.683 bits per heavy atom. The van der Waals surface area contributed by atoms with E-state index in [1.165, 1.54) is 57.3 Å². The molecule has 0 bridgehead atoms. The highest BCUT2D eigenvalue weighted by Crippen LogP contribution is 2.62. The van der Waals surface area contributed by atoms with Gasteiger partial charge in [0, 0.05) is 18.0 Å². The van der Waals surface area contributed by atoms with Gasteiger partial charge in [0.05, 0.1) is 21.5 Å². The molecule has 0 saturated carbocycles. The van der Waals surface area contributed by atoms with Crippen molar-refractivity contribution in [1.29, 1.82) is 0 Å². The predicted molar refractivity (Wildman–Crippen MR) is 195 cm³/mol. The van der Waals surface area contributed by atoms with Crippen molar-refractivity contribution in [3.63, 3.8) is 0 Å². The standard InChI is InChI=1S/C40H44F16N2OSi/c1-4-5-6-11-23(2)12-7-8-13-24(3)18-19-60-29-15-10-9-14-26(29)25-21-57-33(58-22-25)27-16-17-28-31(32(27)41)35(44,45)30(59-28)20-34(42,43)36(46,47)37(48,49)38(50,51)39(52,53)40(54,55)56/h9-10,14-17,21-24,30H,4-8,11-13,18-20,60H2,1-3H3. The van der Waals surface area contributed by atoms with Crippen LogP contribution in [-0.4, -0.2) is 61.4 Å². The second-order valence-electron chi connectivity index (χ2n) is 15.6. The summed E-state index contributed by atoms with van der Waals surface area (Å²) in [4.78, 5) is 8.09. The fraction of sp³-hybridized carbons (Fsp3) is 0.600. The highest BCUT2D eigenvalue weighted by molar-refractivity contribution is 6.55. The number of hydrogen-bond acceptors (Lipinski definition) is 3. The topological polar surface area (TPSA) is 35.0 Å². The van der Waals surface area contributed by atoms with Crippen LogP contribution in [-0.2, 0) is 5.92 Å². The lowest BCUT2D eigenvalue weighted by Crippen LogP contribution is -2.70. The van der Waals surface area contributed by atoms with E-state index < -0.39 is 92.3 Å². The smallest absolute Gasteiger partial charge is 0.460 e. The first-order valence-electron chi connectivity index (χ1n) is 19.4. The van der Waals surface area contributed by atoms with E-state index in [1.54, 1.807) is 6.07 Å². The number of ether oxygens (including phenoxy) is 1. The molecule has 3 atom stereocenters. The summed E-state index contributed by atoms with van der Waals surface area (Å²) < 4.78 is 228. The third kappa shape index (κ3) is 9.72. The normalized spacial score (nSPS) is 17.6. The van der Waals surface area contributed by atoms with E-state index in [0.717, 1.165) is 41.6 Å². The van der Waals surface area contributed by atoms with E-state index in [2.05, 4.69) is 35.5 Å². The summed E-state index contributed by atoms with van der Waals surface area (Å²) in [6.07, 6.45) is -1.44. The minimum atomic E-state index is -8.21. The maximum atomic E-state index is 15.7. The van der Waals surface area contributed by atoms with Gasteiger partial charge < -0.3 is 4.74 Å². The van der Waals surface area contributed by atoms with Crippen LogP contribution in [0.4, 0.5) is 70.2 Å². The number of unbranched alkanes of at least 4 members (excludes halogenated alkanes) is 3. The quantitative estimate of drug-likeness (QED) is 0.0607. The van der Waals surface area contributed by atoms with Crippen LogP contribution in [0, 0.1) is 17.7 Å². The second-order valence-corrected chi connectivity index (χ2v) is 17.5. The molecule has 4 rings (SSSR count). The van der Waals surface area contributed by atoms with Crippen molar-refractivity contribution < 1.29 is 75.0 Å². The molecule has 3 nitrogen and oxygen atoms in total. The largest absolute Gasteiger partial charge is 0.483 e. The van der Waals surface area contributed by atoms with Gasteiger partial charge >= 0.3 is 41.7 Å². The number of nitrogens with zero attached hydrogens (tertiary/aromatic N) is 2. The summed E-state index contributed by atoms with van der Waals surface area (Å²) in [5.41, 5.74) is -1.40. The van der Waals surface area contributed by atoms with Crippen LogP contribution in [0.15, 0.2) is 48.8 Å². The van der Waals surface area contributed by atoms with Crippen LogP contribution in [0.3, 0.4) is 0 Å². The van der Waals surface area contributed by atoms with Gasteiger partial charge in [-0.05, 0) is 29.5 Å². The highest BCUT2D eigenvalue weighted by atomic mass is 28.2. The van der Waals surface area contributed by atoms with Crippen LogP contribution >= 0.6 is 0 Å². The lowest BCUT2D eigenvalue weighted by molar-refractivity contribution is -0.441. The van der Waals surface area contributed by atoms with E-state index in [0.29, 0.717) is 17.5 Å².